The lowest BCUT2D eigenvalue weighted by Gasteiger charge is -2.17. The highest BCUT2D eigenvalue weighted by atomic mass is 16.6. The maximum Gasteiger partial charge on any atom is 0.337 e. The Hall–Kier alpha value is -5.91. The van der Waals surface area contributed by atoms with Crippen molar-refractivity contribution >= 4 is 34.8 Å². The van der Waals surface area contributed by atoms with Crippen LogP contribution in [0.1, 0.15) is 63.8 Å². The number of hydrogen-bond donors (Lipinski definition) is 2. The molecule has 12 heteroatoms. The SMILES string of the molecule is CCCOc1cc(C(=O)Nc2ccc(C(=O)OC)cc2OC(C)C)ccc1NC(=O)c1ccc([N+](=O)[O-])c(OCc2ccccc2)c1. The zero-order chi connectivity index (χ0) is 33.9. The number of ether oxygens (including phenoxy) is 4. The molecule has 47 heavy (non-hydrogen) atoms. The Morgan fingerprint density at radius 1 is 0.766 bits per heavy atom. The zero-order valence-corrected chi connectivity index (χ0v) is 26.4. The molecule has 0 aliphatic carbocycles. The van der Waals surface area contributed by atoms with Gasteiger partial charge in [0.25, 0.3) is 11.8 Å². The molecule has 0 fully saturated rings. The van der Waals surface area contributed by atoms with Crippen molar-refractivity contribution in [3.8, 4) is 17.2 Å². The number of benzene rings is 4. The molecule has 0 aromatic heterocycles. The van der Waals surface area contributed by atoms with Gasteiger partial charge < -0.3 is 29.6 Å². The summed E-state index contributed by atoms with van der Waals surface area (Å²) in [5, 5.41) is 17.2. The van der Waals surface area contributed by atoms with E-state index in [9.17, 15) is 24.5 Å². The number of carbonyl (C=O) groups is 3. The summed E-state index contributed by atoms with van der Waals surface area (Å²) in [6, 6.07) is 22.1. The molecule has 0 saturated heterocycles. The molecule has 0 bridgehead atoms. The van der Waals surface area contributed by atoms with Gasteiger partial charge in [0.1, 0.15) is 18.1 Å². The largest absolute Gasteiger partial charge is 0.491 e. The van der Waals surface area contributed by atoms with Crippen LogP contribution in [0.5, 0.6) is 17.2 Å². The van der Waals surface area contributed by atoms with Crippen LogP contribution < -0.4 is 24.8 Å². The maximum atomic E-state index is 13.3. The minimum Gasteiger partial charge on any atom is -0.491 e. The monoisotopic (exact) mass is 641 g/mol. The van der Waals surface area contributed by atoms with E-state index in [1.807, 2.05) is 51.1 Å². The van der Waals surface area contributed by atoms with E-state index in [2.05, 4.69) is 10.6 Å². The number of methoxy groups -OCH3 is 1. The van der Waals surface area contributed by atoms with Crippen LogP contribution in [0.4, 0.5) is 17.1 Å². The third kappa shape index (κ3) is 9.07. The van der Waals surface area contributed by atoms with Gasteiger partial charge in [0.15, 0.2) is 5.75 Å². The van der Waals surface area contributed by atoms with E-state index in [0.717, 1.165) is 5.56 Å². The number of nitrogens with one attached hydrogen (secondary N) is 2. The number of hydrogen-bond acceptors (Lipinski definition) is 9. The van der Waals surface area contributed by atoms with Crippen molar-refractivity contribution in [1.29, 1.82) is 0 Å². The van der Waals surface area contributed by atoms with Crippen LogP contribution in [0.3, 0.4) is 0 Å². The minimum absolute atomic E-state index is 0.0542. The Balaban J connectivity index is 1.56. The maximum absolute atomic E-state index is 13.3. The number of rotatable bonds is 14. The van der Waals surface area contributed by atoms with Crippen molar-refractivity contribution < 1.29 is 38.3 Å². The first kappa shape index (κ1) is 34.0. The Morgan fingerprint density at radius 2 is 1.34 bits per heavy atom. The molecule has 0 heterocycles. The number of amides is 2. The standard InChI is InChI=1S/C35H35N3O9/c1-5-17-45-30-18-24(33(39)37-28-15-12-26(35(41)44-4)20-31(28)47-22(2)3)11-14-27(30)36-34(40)25-13-16-29(38(42)43)32(19-25)46-21-23-9-7-6-8-10-23/h6-16,18-20,22H,5,17,21H2,1-4H3,(H,36,40)(H,37,39). The minimum atomic E-state index is -0.576. The lowest BCUT2D eigenvalue weighted by atomic mass is 10.1. The predicted octanol–water partition coefficient (Wildman–Crippen LogP) is 7.04. The van der Waals surface area contributed by atoms with Gasteiger partial charge >= 0.3 is 11.7 Å². The normalized spacial score (nSPS) is 10.6. The van der Waals surface area contributed by atoms with Gasteiger partial charge in [-0.25, -0.2) is 4.79 Å². The van der Waals surface area contributed by atoms with Crippen LogP contribution in [0.25, 0.3) is 0 Å². The molecule has 4 aromatic rings. The van der Waals surface area contributed by atoms with E-state index in [4.69, 9.17) is 18.9 Å². The van der Waals surface area contributed by atoms with Crippen LogP contribution in [-0.2, 0) is 11.3 Å². The van der Waals surface area contributed by atoms with Crippen molar-refractivity contribution in [3.63, 3.8) is 0 Å². The molecule has 244 valence electrons. The second kappa shape index (κ2) is 15.9. The quantitative estimate of drug-likeness (QED) is 0.0838. The summed E-state index contributed by atoms with van der Waals surface area (Å²) in [7, 11) is 1.27. The third-order valence-electron chi connectivity index (χ3n) is 6.62. The first-order valence-electron chi connectivity index (χ1n) is 14.8. The van der Waals surface area contributed by atoms with Crippen molar-refractivity contribution in [2.75, 3.05) is 24.4 Å². The average Bonchev–Trinajstić information content (AvgIpc) is 3.07. The molecule has 0 aliphatic rings. The van der Waals surface area contributed by atoms with Crippen molar-refractivity contribution in [2.45, 2.75) is 39.9 Å². The van der Waals surface area contributed by atoms with E-state index in [1.54, 1.807) is 6.07 Å². The van der Waals surface area contributed by atoms with E-state index < -0.39 is 22.7 Å². The molecule has 4 aromatic carbocycles. The first-order valence-corrected chi connectivity index (χ1v) is 14.8. The van der Waals surface area contributed by atoms with Gasteiger partial charge in [-0.3, -0.25) is 19.7 Å². The zero-order valence-electron chi connectivity index (χ0n) is 26.4. The fraction of sp³-hybridized carbons (Fsp3) is 0.229. The Labute approximate surface area is 271 Å². The molecule has 4 rings (SSSR count). The number of nitro benzene ring substituents is 1. The highest BCUT2D eigenvalue weighted by Crippen LogP contribution is 2.32. The Kier molecular flexibility index (Phi) is 11.5. The molecule has 0 atom stereocenters. The number of nitrogens with zero attached hydrogens (tertiary/aromatic N) is 1. The van der Waals surface area contributed by atoms with Crippen molar-refractivity contribution in [1.82, 2.24) is 0 Å². The fourth-order valence-corrected chi connectivity index (χ4v) is 4.37. The predicted molar refractivity (Wildman–Crippen MR) is 176 cm³/mol. The van der Waals surface area contributed by atoms with Crippen LogP contribution >= 0.6 is 0 Å². The summed E-state index contributed by atoms with van der Waals surface area (Å²) in [6.45, 7) is 5.93. The van der Waals surface area contributed by atoms with Gasteiger partial charge in [-0.05, 0) is 68.3 Å². The van der Waals surface area contributed by atoms with Crippen LogP contribution in [-0.4, -0.2) is 42.5 Å². The number of nitro groups is 1. The average molecular weight is 642 g/mol. The molecular formula is C35H35N3O9. The Morgan fingerprint density at radius 3 is 1.94 bits per heavy atom. The first-order chi connectivity index (χ1) is 22.6. The molecule has 0 saturated carbocycles. The highest BCUT2D eigenvalue weighted by Gasteiger charge is 2.21. The van der Waals surface area contributed by atoms with Gasteiger partial charge in [-0.1, -0.05) is 37.3 Å². The number of anilines is 2. The summed E-state index contributed by atoms with van der Waals surface area (Å²) in [6.07, 6.45) is 0.425. The van der Waals surface area contributed by atoms with Gasteiger partial charge in [0.2, 0.25) is 0 Å². The summed E-state index contributed by atoms with van der Waals surface area (Å²) in [5.41, 5.74) is 1.77. The van der Waals surface area contributed by atoms with Gasteiger partial charge in [-0.2, -0.15) is 0 Å². The third-order valence-corrected chi connectivity index (χ3v) is 6.62. The summed E-state index contributed by atoms with van der Waals surface area (Å²) in [5.74, 6) is -1.12. The topological polar surface area (TPSA) is 155 Å². The van der Waals surface area contributed by atoms with Gasteiger partial charge in [-0.15, -0.1) is 0 Å². The lowest BCUT2D eigenvalue weighted by molar-refractivity contribution is -0.385. The fourth-order valence-electron chi connectivity index (χ4n) is 4.37. The summed E-state index contributed by atoms with van der Waals surface area (Å²) >= 11 is 0. The summed E-state index contributed by atoms with van der Waals surface area (Å²) in [4.78, 5) is 49.7. The molecule has 0 aliphatic heterocycles. The number of carbonyl (C=O) groups excluding carboxylic acids is 3. The van der Waals surface area contributed by atoms with Crippen molar-refractivity contribution in [2.24, 2.45) is 0 Å². The molecule has 0 spiro atoms. The second-order valence-corrected chi connectivity index (χ2v) is 10.6. The van der Waals surface area contributed by atoms with Gasteiger partial charge in [0.05, 0.1) is 41.7 Å². The molecule has 2 amide bonds. The van der Waals surface area contributed by atoms with E-state index in [1.165, 1.54) is 55.6 Å². The lowest BCUT2D eigenvalue weighted by Crippen LogP contribution is -2.17. The molecule has 0 unspecified atom stereocenters. The second-order valence-electron chi connectivity index (χ2n) is 10.6. The van der Waals surface area contributed by atoms with Crippen LogP contribution in [0, 0.1) is 10.1 Å². The Bertz CT molecular complexity index is 1760. The van der Waals surface area contributed by atoms with Crippen LogP contribution in [0.2, 0.25) is 0 Å². The smallest absolute Gasteiger partial charge is 0.337 e. The van der Waals surface area contributed by atoms with E-state index in [-0.39, 0.29) is 58.0 Å². The highest BCUT2D eigenvalue weighted by molar-refractivity contribution is 6.08. The van der Waals surface area contributed by atoms with E-state index in [0.29, 0.717) is 18.7 Å². The number of esters is 1. The van der Waals surface area contributed by atoms with Crippen LogP contribution in [0.15, 0.2) is 84.9 Å². The summed E-state index contributed by atoms with van der Waals surface area (Å²) < 4.78 is 22.2. The van der Waals surface area contributed by atoms with Gasteiger partial charge in [0, 0.05) is 23.3 Å². The van der Waals surface area contributed by atoms with E-state index >= 15 is 0 Å². The molecule has 2 N–H and O–H groups in total. The molecule has 12 nitrogen and oxygen atoms in total. The molecule has 0 radical (unpaired) electrons. The van der Waals surface area contributed by atoms with Crippen molar-refractivity contribution in [3.05, 3.63) is 117 Å². The molecular weight excluding hydrogens is 606 g/mol.